The van der Waals surface area contributed by atoms with Crippen LogP contribution in [0.1, 0.15) is 0 Å². The zero-order valence-corrected chi connectivity index (χ0v) is 7.79. The van der Waals surface area contributed by atoms with E-state index in [9.17, 15) is 4.39 Å². The Morgan fingerprint density at radius 1 is 1.43 bits per heavy atom. The van der Waals surface area contributed by atoms with E-state index >= 15 is 0 Å². The van der Waals surface area contributed by atoms with Gasteiger partial charge in [0.25, 0.3) is 5.19 Å². The Morgan fingerprint density at radius 2 is 2.29 bits per heavy atom. The molecule has 0 amide bonds. The van der Waals surface area contributed by atoms with E-state index in [1.54, 1.807) is 0 Å². The van der Waals surface area contributed by atoms with Crippen molar-refractivity contribution in [2.75, 3.05) is 5.73 Å². The van der Waals surface area contributed by atoms with E-state index in [-0.39, 0.29) is 5.69 Å². The summed E-state index contributed by atoms with van der Waals surface area (Å²) in [7, 11) is 0. The third-order valence-corrected chi connectivity index (χ3v) is 2.08. The Bertz CT molecular complexity index is 432. The summed E-state index contributed by atoms with van der Waals surface area (Å²) in [5.41, 5.74) is 7.30. The van der Waals surface area contributed by atoms with Gasteiger partial charge in [0.15, 0.2) is 5.75 Å². The minimum atomic E-state index is -0.396. The highest BCUT2D eigenvalue weighted by Gasteiger charge is 2.05. The molecule has 2 aromatic rings. The Balaban J connectivity index is 2.25. The average molecular weight is 211 g/mol. The number of hydrogen-bond donors (Lipinski definition) is 1. The van der Waals surface area contributed by atoms with Crippen molar-refractivity contribution >= 4 is 17.0 Å². The minimum absolute atomic E-state index is 0.236. The summed E-state index contributed by atoms with van der Waals surface area (Å²) in [6, 6.07) is 3.91. The third kappa shape index (κ3) is 1.80. The summed E-state index contributed by atoms with van der Waals surface area (Å²) < 4.78 is 17.9. The monoisotopic (exact) mass is 211 g/mol. The van der Waals surface area contributed by atoms with E-state index in [4.69, 9.17) is 10.5 Å². The van der Waals surface area contributed by atoms with Gasteiger partial charge in [0.2, 0.25) is 0 Å². The molecule has 0 aliphatic rings. The van der Waals surface area contributed by atoms with Crippen LogP contribution in [0.15, 0.2) is 23.7 Å². The van der Waals surface area contributed by atoms with Crippen LogP contribution >= 0.6 is 11.3 Å². The van der Waals surface area contributed by atoms with E-state index < -0.39 is 5.82 Å². The molecule has 0 unspecified atom stereocenters. The van der Waals surface area contributed by atoms with Crippen LogP contribution < -0.4 is 10.5 Å². The maximum atomic E-state index is 12.7. The van der Waals surface area contributed by atoms with Crippen LogP contribution in [-0.2, 0) is 0 Å². The molecule has 4 nitrogen and oxygen atoms in total. The number of nitrogens with two attached hydrogens (primary N) is 1. The van der Waals surface area contributed by atoms with Gasteiger partial charge in [-0.15, -0.1) is 5.10 Å². The van der Waals surface area contributed by atoms with Crippen molar-refractivity contribution < 1.29 is 9.13 Å². The summed E-state index contributed by atoms with van der Waals surface area (Å²) in [5.74, 6) is -0.0183. The lowest BCUT2D eigenvalue weighted by Gasteiger charge is -2.03. The maximum Gasteiger partial charge on any atom is 0.299 e. The van der Waals surface area contributed by atoms with Gasteiger partial charge in [0.05, 0.1) is 5.69 Å². The Hall–Kier alpha value is -1.69. The van der Waals surface area contributed by atoms with Gasteiger partial charge < -0.3 is 10.5 Å². The van der Waals surface area contributed by atoms with Crippen molar-refractivity contribution in [1.29, 1.82) is 0 Å². The molecule has 1 aromatic heterocycles. The normalized spacial score (nSPS) is 10.1. The van der Waals surface area contributed by atoms with Crippen LogP contribution in [-0.4, -0.2) is 10.2 Å². The first kappa shape index (κ1) is 8.89. The molecule has 0 aliphatic carbocycles. The quantitative estimate of drug-likeness (QED) is 0.772. The summed E-state index contributed by atoms with van der Waals surface area (Å²) in [6.45, 7) is 0. The lowest BCUT2D eigenvalue weighted by Crippen LogP contribution is -1.92. The molecule has 0 aliphatic heterocycles. The fraction of sp³-hybridized carbons (Fsp3) is 0. The highest BCUT2D eigenvalue weighted by Crippen LogP contribution is 2.28. The van der Waals surface area contributed by atoms with Crippen molar-refractivity contribution in [2.24, 2.45) is 0 Å². The standard InChI is InChI=1S/C8H6FN3OS/c9-5-1-2-7(6(10)3-5)13-8-12-11-4-14-8/h1-4H,10H2. The molecule has 72 valence electrons. The molecule has 0 saturated heterocycles. The van der Waals surface area contributed by atoms with Crippen molar-refractivity contribution in [1.82, 2.24) is 10.2 Å². The molecule has 14 heavy (non-hydrogen) atoms. The second kappa shape index (κ2) is 3.59. The van der Waals surface area contributed by atoms with Gasteiger partial charge in [0, 0.05) is 6.07 Å². The topological polar surface area (TPSA) is 61.0 Å². The third-order valence-electron chi connectivity index (χ3n) is 1.51. The van der Waals surface area contributed by atoms with Crippen LogP contribution in [0.4, 0.5) is 10.1 Å². The number of benzene rings is 1. The van der Waals surface area contributed by atoms with Crippen LogP contribution in [0.3, 0.4) is 0 Å². The Morgan fingerprint density at radius 3 is 2.93 bits per heavy atom. The van der Waals surface area contributed by atoms with Crippen molar-refractivity contribution in [3.63, 3.8) is 0 Å². The Labute approximate surface area is 83.2 Å². The molecule has 1 heterocycles. The van der Waals surface area contributed by atoms with Crippen molar-refractivity contribution in [3.8, 4) is 10.9 Å². The number of ether oxygens (including phenoxy) is 1. The summed E-state index contributed by atoms with van der Waals surface area (Å²) >= 11 is 1.24. The zero-order chi connectivity index (χ0) is 9.97. The molecule has 0 fully saturated rings. The molecule has 0 saturated carbocycles. The number of halogens is 1. The molecule has 0 spiro atoms. The predicted molar refractivity (Wildman–Crippen MR) is 50.8 cm³/mol. The minimum Gasteiger partial charge on any atom is -0.428 e. The summed E-state index contributed by atoms with van der Waals surface area (Å²) in [6.07, 6.45) is 0. The van der Waals surface area contributed by atoms with Gasteiger partial charge in [-0.2, -0.15) is 0 Å². The SMILES string of the molecule is Nc1cc(F)ccc1Oc1nncs1. The molecule has 0 bridgehead atoms. The first-order valence-corrected chi connectivity index (χ1v) is 4.63. The summed E-state index contributed by atoms with van der Waals surface area (Å²) in [5, 5.41) is 7.64. The molecule has 2 rings (SSSR count). The van der Waals surface area contributed by atoms with Crippen molar-refractivity contribution in [2.45, 2.75) is 0 Å². The van der Waals surface area contributed by atoms with E-state index in [0.29, 0.717) is 10.9 Å². The first-order chi connectivity index (χ1) is 6.75. The fourth-order valence-corrected chi connectivity index (χ4v) is 1.33. The smallest absolute Gasteiger partial charge is 0.299 e. The van der Waals surface area contributed by atoms with Crippen LogP contribution in [0.5, 0.6) is 10.9 Å². The van der Waals surface area contributed by atoms with E-state index in [0.717, 1.165) is 0 Å². The largest absolute Gasteiger partial charge is 0.428 e. The van der Waals surface area contributed by atoms with Gasteiger partial charge in [-0.3, -0.25) is 0 Å². The van der Waals surface area contributed by atoms with Crippen LogP contribution in [0.2, 0.25) is 0 Å². The highest BCUT2D eigenvalue weighted by molar-refractivity contribution is 7.11. The molecule has 1 aromatic carbocycles. The number of nitrogens with zero attached hydrogens (tertiary/aromatic N) is 2. The number of anilines is 1. The van der Waals surface area contributed by atoms with Gasteiger partial charge in [-0.1, -0.05) is 16.4 Å². The fourth-order valence-electron chi connectivity index (χ4n) is 0.914. The maximum absolute atomic E-state index is 12.7. The van der Waals surface area contributed by atoms with Gasteiger partial charge in [-0.25, -0.2) is 4.39 Å². The van der Waals surface area contributed by atoms with Crippen LogP contribution in [0, 0.1) is 5.82 Å². The predicted octanol–water partition coefficient (Wildman–Crippen LogP) is 2.05. The Kier molecular flexibility index (Phi) is 2.28. The number of aromatic nitrogens is 2. The van der Waals surface area contributed by atoms with Gasteiger partial charge in [0.1, 0.15) is 11.3 Å². The lowest BCUT2D eigenvalue weighted by atomic mass is 10.3. The lowest BCUT2D eigenvalue weighted by molar-refractivity contribution is 0.474. The summed E-state index contributed by atoms with van der Waals surface area (Å²) in [4.78, 5) is 0. The molecule has 2 N–H and O–H groups in total. The molecule has 0 atom stereocenters. The van der Waals surface area contributed by atoms with Crippen molar-refractivity contribution in [3.05, 3.63) is 29.5 Å². The number of rotatable bonds is 2. The highest BCUT2D eigenvalue weighted by atomic mass is 32.1. The number of nitrogen functional groups attached to an aromatic ring is 1. The van der Waals surface area contributed by atoms with E-state index in [1.807, 2.05) is 0 Å². The number of hydrogen-bond acceptors (Lipinski definition) is 5. The van der Waals surface area contributed by atoms with E-state index in [1.165, 1.54) is 35.0 Å². The van der Waals surface area contributed by atoms with Gasteiger partial charge >= 0.3 is 0 Å². The van der Waals surface area contributed by atoms with Gasteiger partial charge in [-0.05, 0) is 12.1 Å². The second-order valence-electron chi connectivity index (χ2n) is 2.49. The van der Waals surface area contributed by atoms with E-state index in [2.05, 4.69) is 10.2 Å². The molecular formula is C8H6FN3OS. The molecule has 0 radical (unpaired) electrons. The zero-order valence-electron chi connectivity index (χ0n) is 6.98. The average Bonchev–Trinajstić information content (AvgIpc) is 2.62. The second-order valence-corrected chi connectivity index (χ2v) is 3.28. The molecule has 6 heteroatoms. The first-order valence-electron chi connectivity index (χ1n) is 3.75. The molecular weight excluding hydrogens is 205 g/mol. The van der Waals surface area contributed by atoms with Crippen LogP contribution in [0.25, 0.3) is 0 Å².